The van der Waals surface area contributed by atoms with Gasteiger partial charge in [-0.25, -0.2) is 0 Å². The normalized spacial score (nSPS) is 10.2. The van der Waals surface area contributed by atoms with Gasteiger partial charge in [0.2, 0.25) is 0 Å². The highest BCUT2D eigenvalue weighted by molar-refractivity contribution is 5.61. The molecule has 0 amide bonds. The van der Waals surface area contributed by atoms with Crippen molar-refractivity contribution in [2.24, 2.45) is 7.05 Å². The van der Waals surface area contributed by atoms with Crippen LogP contribution >= 0.6 is 0 Å². The Morgan fingerprint density at radius 3 is 2.94 bits per heavy atom. The van der Waals surface area contributed by atoms with E-state index in [0.717, 1.165) is 11.5 Å². The van der Waals surface area contributed by atoms with E-state index in [2.05, 4.69) is 15.5 Å². The zero-order valence-electron chi connectivity index (χ0n) is 9.84. The molecule has 17 heavy (non-hydrogen) atoms. The smallest absolute Gasteiger partial charge is 0.151 e. The number of anilines is 2. The van der Waals surface area contributed by atoms with E-state index < -0.39 is 0 Å². The second-order valence-corrected chi connectivity index (χ2v) is 3.67. The van der Waals surface area contributed by atoms with Crippen molar-refractivity contribution in [1.82, 2.24) is 14.8 Å². The van der Waals surface area contributed by atoms with Crippen LogP contribution in [0.3, 0.4) is 0 Å². The summed E-state index contributed by atoms with van der Waals surface area (Å²) in [5.74, 6) is 1.52. The first-order valence-electron chi connectivity index (χ1n) is 5.21. The van der Waals surface area contributed by atoms with Gasteiger partial charge in [-0.1, -0.05) is 0 Å². The summed E-state index contributed by atoms with van der Waals surface area (Å²) >= 11 is 0. The maximum absolute atomic E-state index is 5.74. The highest BCUT2D eigenvalue weighted by Gasteiger charge is 2.03. The number of nitrogens with two attached hydrogens (primary N) is 1. The van der Waals surface area contributed by atoms with Crippen molar-refractivity contribution in [1.29, 1.82) is 0 Å². The van der Waals surface area contributed by atoms with Crippen LogP contribution in [0, 0.1) is 0 Å². The highest BCUT2D eigenvalue weighted by atomic mass is 16.5. The molecule has 1 heterocycles. The van der Waals surface area contributed by atoms with Gasteiger partial charge in [-0.15, -0.1) is 10.2 Å². The number of aromatic nitrogens is 3. The Hall–Kier alpha value is -2.24. The SMILES string of the molecule is COc1cc(NCc2nncn2C)ccc1N. The van der Waals surface area contributed by atoms with Gasteiger partial charge in [0.15, 0.2) is 5.82 Å². The van der Waals surface area contributed by atoms with E-state index in [4.69, 9.17) is 10.5 Å². The minimum atomic E-state index is 0.601. The summed E-state index contributed by atoms with van der Waals surface area (Å²) in [4.78, 5) is 0. The van der Waals surface area contributed by atoms with Gasteiger partial charge in [0.25, 0.3) is 0 Å². The standard InChI is InChI=1S/C11H15N5O/c1-16-7-14-15-11(16)6-13-8-3-4-9(12)10(5-8)17-2/h3-5,7,13H,6,12H2,1-2H3. The number of methoxy groups -OCH3 is 1. The molecular formula is C11H15N5O. The molecule has 0 aliphatic carbocycles. The Morgan fingerprint density at radius 1 is 1.47 bits per heavy atom. The van der Waals surface area contributed by atoms with E-state index in [0.29, 0.717) is 18.0 Å². The summed E-state index contributed by atoms with van der Waals surface area (Å²) in [6.07, 6.45) is 1.67. The third-order valence-corrected chi connectivity index (χ3v) is 2.49. The number of nitrogens with one attached hydrogen (secondary N) is 1. The van der Waals surface area contributed by atoms with Crippen molar-refractivity contribution in [3.63, 3.8) is 0 Å². The molecule has 0 atom stereocenters. The van der Waals surface area contributed by atoms with Crippen molar-refractivity contribution in [3.8, 4) is 5.75 Å². The van der Waals surface area contributed by atoms with Crippen molar-refractivity contribution >= 4 is 11.4 Å². The quantitative estimate of drug-likeness (QED) is 0.771. The molecule has 1 aromatic carbocycles. The summed E-state index contributed by atoms with van der Waals surface area (Å²) in [6, 6.07) is 5.55. The molecule has 6 heteroatoms. The molecule has 0 fully saturated rings. The Kier molecular flexibility index (Phi) is 3.13. The van der Waals surface area contributed by atoms with Crippen LogP contribution in [-0.2, 0) is 13.6 Å². The lowest BCUT2D eigenvalue weighted by molar-refractivity contribution is 0.417. The zero-order chi connectivity index (χ0) is 12.3. The van der Waals surface area contributed by atoms with E-state index in [9.17, 15) is 0 Å². The average Bonchev–Trinajstić information content (AvgIpc) is 2.74. The molecule has 0 saturated carbocycles. The largest absolute Gasteiger partial charge is 0.495 e. The number of benzene rings is 1. The Bertz CT molecular complexity index is 508. The third-order valence-electron chi connectivity index (χ3n) is 2.49. The van der Waals surface area contributed by atoms with Gasteiger partial charge in [-0.05, 0) is 12.1 Å². The molecule has 0 unspecified atom stereocenters. The monoisotopic (exact) mass is 233 g/mol. The lowest BCUT2D eigenvalue weighted by Gasteiger charge is -2.09. The van der Waals surface area contributed by atoms with Crippen LogP contribution in [0.4, 0.5) is 11.4 Å². The molecular weight excluding hydrogens is 218 g/mol. The average molecular weight is 233 g/mol. The first-order valence-corrected chi connectivity index (χ1v) is 5.21. The molecule has 90 valence electrons. The number of aryl methyl sites for hydroxylation is 1. The van der Waals surface area contributed by atoms with E-state index in [1.54, 1.807) is 19.5 Å². The molecule has 2 rings (SSSR count). The van der Waals surface area contributed by atoms with Gasteiger partial charge in [-0.3, -0.25) is 0 Å². The molecule has 1 aromatic heterocycles. The van der Waals surface area contributed by atoms with Crippen molar-refractivity contribution in [3.05, 3.63) is 30.4 Å². The van der Waals surface area contributed by atoms with Crippen LogP contribution in [0.25, 0.3) is 0 Å². The maximum Gasteiger partial charge on any atom is 0.151 e. The molecule has 0 bridgehead atoms. The molecule has 3 N–H and O–H groups in total. The summed E-state index contributed by atoms with van der Waals surface area (Å²) < 4.78 is 7.01. The minimum absolute atomic E-state index is 0.601. The Labute approximate surface area is 99.4 Å². The van der Waals surface area contributed by atoms with Crippen molar-refractivity contribution in [2.75, 3.05) is 18.2 Å². The topological polar surface area (TPSA) is 78.0 Å². The van der Waals surface area contributed by atoms with Crippen LogP contribution < -0.4 is 15.8 Å². The first kappa shape index (κ1) is 11.3. The fraction of sp³-hybridized carbons (Fsp3) is 0.273. The van der Waals surface area contributed by atoms with E-state index >= 15 is 0 Å². The molecule has 0 saturated heterocycles. The van der Waals surface area contributed by atoms with Crippen LogP contribution in [-0.4, -0.2) is 21.9 Å². The Balaban J connectivity index is 2.07. The fourth-order valence-electron chi connectivity index (χ4n) is 1.47. The van der Waals surface area contributed by atoms with Crippen molar-refractivity contribution in [2.45, 2.75) is 6.54 Å². The molecule has 0 spiro atoms. The van der Waals surface area contributed by atoms with Crippen LogP contribution in [0.2, 0.25) is 0 Å². The van der Waals surface area contributed by atoms with Gasteiger partial charge >= 0.3 is 0 Å². The van der Waals surface area contributed by atoms with Gasteiger partial charge in [0.1, 0.15) is 12.1 Å². The fourth-order valence-corrected chi connectivity index (χ4v) is 1.47. The Morgan fingerprint density at radius 2 is 2.29 bits per heavy atom. The van der Waals surface area contributed by atoms with Crippen molar-refractivity contribution < 1.29 is 4.74 Å². The van der Waals surface area contributed by atoms with Crippen LogP contribution in [0.5, 0.6) is 5.75 Å². The highest BCUT2D eigenvalue weighted by Crippen LogP contribution is 2.25. The summed E-state index contributed by atoms with van der Waals surface area (Å²) in [5, 5.41) is 11.0. The summed E-state index contributed by atoms with van der Waals surface area (Å²) in [6.45, 7) is 0.601. The number of nitrogens with zero attached hydrogens (tertiary/aromatic N) is 3. The molecule has 2 aromatic rings. The number of nitrogen functional groups attached to an aromatic ring is 1. The van der Waals surface area contributed by atoms with Crippen LogP contribution in [0.15, 0.2) is 24.5 Å². The van der Waals surface area contributed by atoms with Gasteiger partial charge in [0, 0.05) is 18.8 Å². The van der Waals surface area contributed by atoms with Crippen LogP contribution in [0.1, 0.15) is 5.82 Å². The minimum Gasteiger partial charge on any atom is -0.495 e. The predicted octanol–water partition coefficient (Wildman–Crippen LogP) is 1.02. The number of rotatable bonds is 4. The van der Waals surface area contributed by atoms with E-state index in [1.165, 1.54) is 0 Å². The molecule has 6 nitrogen and oxygen atoms in total. The zero-order valence-corrected chi connectivity index (χ0v) is 9.84. The third kappa shape index (κ3) is 2.47. The number of ether oxygens (including phenoxy) is 1. The first-order chi connectivity index (χ1) is 8.20. The predicted molar refractivity (Wildman–Crippen MR) is 65.7 cm³/mol. The lowest BCUT2D eigenvalue weighted by Crippen LogP contribution is -2.06. The maximum atomic E-state index is 5.74. The number of hydrogen-bond acceptors (Lipinski definition) is 5. The summed E-state index contributed by atoms with van der Waals surface area (Å²) in [5.41, 5.74) is 7.29. The van der Waals surface area contributed by atoms with Gasteiger partial charge in [0.05, 0.1) is 19.3 Å². The lowest BCUT2D eigenvalue weighted by atomic mass is 10.2. The molecule has 0 radical (unpaired) electrons. The van der Waals surface area contributed by atoms with E-state index in [-0.39, 0.29) is 0 Å². The molecule has 0 aliphatic heterocycles. The second-order valence-electron chi connectivity index (χ2n) is 3.67. The number of hydrogen-bond donors (Lipinski definition) is 2. The van der Waals surface area contributed by atoms with Gasteiger partial charge in [-0.2, -0.15) is 0 Å². The second kappa shape index (κ2) is 4.73. The summed E-state index contributed by atoms with van der Waals surface area (Å²) in [7, 11) is 3.50. The van der Waals surface area contributed by atoms with Gasteiger partial charge < -0.3 is 20.4 Å². The molecule has 0 aliphatic rings. The van der Waals surface area contributed by atoms with E-state index in [1.807, 2.05) is 23.7 Å².